The Kier molecular flexibility index (Phi) is 5.36. The molecular weight excluding hydrogens is 388 g/mol. The normalized spacial score (nSPS) is 13.2. The van der Waals surface area contributed by atoms with Gasteiger partial charge in [0.1, 0.15) is 5.15 Å². The number of carbonyl (C=O) groups is 1. The third-order valence-electron chi connectivity index (χ3n) is 4.82. The van der Waals surface area contributed by atoms with Gasteiger partial charge in [0.25, 0.3) is 11.5 Å². The van der Waals surface area contributed by atoms with Crippen LogP contribution in [0.1, 0.15) is 34.3 Å². The molecule has 1 saturated carbocycles. The average Bonchev–Trinajstić information content (AvgIpc) is 3.53. The van der Waals surface area contributed by atoms with Crippen molar-refractivity contribution in [1.82, 2.24) is 14.9 Å². The number of halogens is 1. The molecule has 0 atom stereocenters. The van der Waals surface area contributed by atoms with E-state index in [1.54, 1.807) is 12.1 Å². The summed E-state index contributed by atoms with van der Waals surface area (Å²) in [6, 6.07) is 15.3. The Bertz CT molecular complexity index is 1110. The fourth-order valence-corrected chi connectivity index (χ4v) is 3.23. The molecule has 1 amide bonds. The zero-order valence-electron chi connectivity index (χ0n) is 16.0. The van der Waals surface area contributed by atoms with Crippen LogP contribution in [0.3, 0.4) is 0 Å². The van der Waals surface area contributed by atoms with Crippen LogP contribution >= 0.6 is 11.6 Å². The number of aromatic nitrogens is 2. The Balaban J connectivity index is 1.66. The molecule has 1 heterocycles. The quantitative estimate of drug-likeness (QED) is 0.652. The molecule has 3 aromatic rings. The summed E-state index contributed by atoms with van der Waals surface area (Å²) in [5, 5.41) is 6.22. The SMILES string of the molecule is Cc1ccc(C(=O)NC2CC2)cc1-n1cc(Cl)nc(NCc2ccccc2)c1=O. The standard InChI is InChI=1S/C22H21ClN4O2/c1-14-7-8-16(21(28)25-17-9-10-17)11-18(14)27-13-19(23)26-20(22(27)29)24-12-15-5-3-2-4-6-15/h2-8,11,13,17H,9-10,12H2,1H3,(H,24,26)(H,25,28). The number of aryl methyl sites for hydroxylation is 1. The molecule has 0 saturated heterocycles. The van der Waals surface area contributed by atoms with Gasteiger partial charge in [-0.3, -0.25) is 14.2 Å². The number of nitrogens with one attached hydrogen (secondary N) is 2. The van der Waals surface area contributed by atoms with Gasteiger partial charge < -0.3 is 10.6 Å². The van der Waals surface area contributed by atoms with E-state index in [4.69, 9.17) is 11.6 Å². The Morgan fingerprint density at radius 2 is 1.97 bits per heavy atom. The zero-order valence-corrected chi connectivity index (χ0v) is 16.7. The molecule has 0 aliphatic heterocycles. The minimum atomic E-state index is -0.326. The van der Waals surface area contributed by atoms with E-state index >= 15 is 0 Å². The molecule has 4 rings (SSSR count). The van der Waals surface area contributed by atoms with E-state index in [1.807, 2.05) is 43.3 Å². The maximum absolute atomic E-state index is 13.0. The van der Waals surface area contributed by atoms with Gasteiger partial charge in [-0.2, -0.15) is 0 Å². The largest absolute Gasteiger partial charge is 0.361 e. The first-order valence-corrected chi connectivity index (χ1v) is 9.88. The van der Waals surface area contributed by atoms with Crippen LogP contribution < -0.4 is 16.2 Å². The molecule has 2 aromatic carbocycles. The Morgan fingerprint density at radius 3 is 2.69 bits per heavy atom. The van der Waals surface area contributed by atoms with Crippen LogP contribution in [0.5, 0.6) is 0 Å². The number of carbonyl (C=O) groups excluding carboxylic acids is 1. The highest BCUT2D eigenvalue weighted by molar-refractivity contribution is 6.29. The van der Waals surface area contributed by atoms with Crippen molar-refractivity contribution >= 4 is 23.3 Å². The summed E-state index contributed by atoms with van der Waals surface area (Å²) >= 11 is 6.20. The predicted octanol–water partition coefficient (Wildman–Crippen LogP) is 3.70. The number of amides is 1. The van der Waals surface area contributed by atoms with Crippen LogP contribution in [0.2, 0.25) is 5.15 Å². The number of hydrogen-bond acceptors (Lipinski definition) is 4. The van der Waals surface area contributed by atoms with Crippen LogP contribution in [0.15, 0.2) is 59.5 Å². The average molecular weight is 409 g/mol. The van der Waals surface area contributed by atoms with Crippen molar-refractivity contribution in [3.05, 3.63) is 86.9 Å². The molecular formula is C22H21ClN4O2. The zero-order chi connectivity index (χ0) is 20.4. The smallest absolute Gasteiger partial charge is 0.297 e. The minimum absolute atomic E-state index is 0.135. The van der Waals surface area contributed by atoms with E-state index in [2.05, 4.69) is 15.6 Å². The molecule has 2 N–H and O–H groups in total. The monoisotopic (exact) mass is 408 g/mol. The lowest BCUT2D eigenvalue weighted by atomic mass is 10.1. The first kappa shape index (κ1) is 19.2. The van der Waals surface area contributed by atoms with E-state index in [0.717, 1.165) is 24.0 Å². The van der Waals surface area contributed by atoms with Crippen molar-refractivity contribution in [3.63, 3.8) is 0 Å². The Morgan fingerprint density at radius 1 is 1.21 bits per heavy atom. The highest BCUT2D eigenvalue weighted by atomic mass is 35.5. The van der Waals surface area contributed by atoms with Gasteiger partial charge in [-0.1, -0.05) is 48.0 Å². The van der Waals surface area contributed by atoms with Gasteiger partial charge >= 0.3 is 0 Å². The molecule has 1 aliphatic carbocycles. The number of nitrogens with zero attached hydrogens (tertiary/aromatic N) is 2. The van der Waals surface area contributed by atoms with E-state index in [-0.39, 0.29) is 28.5 Å². The fourth-order valence-electron chi connectivity index (χ4n) is 3.05. The second kappa shape index (κ2) is 8.09. The van der Waals surface area contributed by atoms with Gasteiger partial charge in [-0.25, -0.2) is 4.98 Å². The lowest BCUT2D eigenvalue weighted by Gasteiger charge is -2.14. The van der Waals surface area contributed by atoms with Crippen LogP contribution in [0.25, 0.3) is 5.69 Å². The lowest BCUT2D eigenvalue weighted by molar-refractivity contribution is 0.0951. The Labute approximate surface area is 173 Å². The molecule has 6 nitrogen and oxygen atoms in total. The second-order valence-electron chi connectivity index (χ2n) is 7.18. The number of hydrogen-bond donors (Lipinski definition) is 2. The molecule has 0 radical (unpaired) electrons. The maximum Gasteiger partial charge on any atom is 0.297 e. The van der Waals surface area contributed by atoms with Crippen LogP contribution in [-0.4, -0.2) is 21.5 Å². The summed E-state index contributed by atoms with van der Waals surface area (Å²) in [6.45, 7) is 2.34. The van der Waals surface area contributed by atoms with Gasteiger partial charge in [0.2, 0.25) is 0 Å². The van der Waals surface area contributed by atoms with Crippen LogP contribution in [0.4, 0.5) is 5.82 Å². The molecule has 148 valence electrons. The topological polar surface area (TPSA) is 76.0 Å². The van der Waals surface area contributed by atoms with E-state index < -0.39 is 0 Å². The van der Waals surface area contributed by atoms with Gasteiger partial charge in [-0.05, 0) is 43.0 Å². The molecule has 1 aliphatic rings. The summed E-state index contributed by atoms with van der Waals surface area (Å²) in [5.74, 6) is 0.0259. The summed E-state index contributed by atoms with van der Waals surface area (Å²) < 4.78 is 1.44. The van der Waals surface area contributed by atoms with Crippen molar-refractivity contribution < 1.29 is 4.79 Å². The van der Waals surface area contributed by atoms with Crippen molar-refractivity contribution in [2.75, 3.05) is 5.32 Å². The molecule has 0 bridgehead atoms. The van der Waals surface area contributed by atoms with Gasteiger partial charge in [0.15, 0.2) is 5.82 Å². The van der Waals surface area contributed by atoms with Crippen LogP contribution in [0, 0.1) is 6.92 Å². The summed E-state index contributed by atoms with van der Waals surface area (Å²) in [7, 11) is 0. The third-order valence-corrected chi connectivity index (χ3v) is 5.00. The van der Waals surface area contributed by atoms with Crippen LogP contribution in [-0.2, 0) is 6.54 Å². The third kappa shape index (κ3) is 4.49. The van der Waals surface area contributed by atoms with Gasteiger partial charge in [0.05, 0.1) is 11.9 Å². The molecule has 1 fully saturated rings. The van der Waals surface area contributed by atoms with E-state index in [1.165, 1.54) is 10.8 Å². The first-order valence-electron chi connectivity index (χ1n) is 9.50. The first-order chi connectivity index (χ1) is 14.0. The molecule has 29 heavy (non-hydrogen) atoms. The number of anilines is 1. The maximum atomic E-state index is 13.0. The Hall–Kier alpha value is -3.12. The fraction of sp³-hybridized carbons (Fsp3) is 0.227. The number of rotatable bonds is 6. The number of benzene rings is 2. The summed E-state index contributed by atoms with van der Waals surface area (Å²) in [4.78, 5) is 29.6. The van der Waals surface area contributed by atoms with E-state index in [0.29, 0.717) is 17.8 Å². The van der Waals surface area contributed by atoms with Gasteiger partial charge in [0, 0.05) is 18.2 Å². The predicted molar refractivity (Wildman–Crippen MR) is 114 cm³/mol. The lowest BCUT2D eigenvalue weighted by Crippen LogP contribution is -2.27. The summed E-state index contributed by atoms with van der Waals surface area (Å²) in [5.41, 5.74) is 2.66. The second-order valence-corrected chi connectivity index (χ2v) is 7.56. The minimum Gasteiger partial charge on any atom is -0.361 e. The van der Waals surface area contributed by atoms with Crippen molar-refractivity contribution in [3.8, 4) is 5.69 Å². The summed E-state index contributed by atoms with van der Waals surface area (Å²) in [6.07, 6.45) is 3.50. The highest BCUT2D eigenvalue weighted by Crippen LogP contribution is 2.21. The van der Waals surface area contributed by atoms with E-state index in [9.17, 15) is 9.59 Å². The highest BCUT2D eigenvalue weighted by Gasteiger charge is 2.24. The molecule has 1 aromatic heterocycles. The molecule has 0 unspecified atom stereocenters. The molecule has 0 spiro atoms. The van der Waals surface area contributed by atoms with Crippen molar-refractivity contribution in [2.24, 2.45) is 0 Å². The molecule has 7 heteroatoms. The van der Waals surface area contributed by atoms with Gasteiger partial charge in [-0.15, -0.1) is 0 Å². The van der Waals surface area contributed by atoms with Crippen molar-refractivity contribution in [1.29, 1.82) is 0 Å². The van der Waals surface area contributed by atoms with Crippen molar-refractivity contribution in [2.45, 2.75) is 32.4 Å².